The van der Waals surface area contributed by atoms with Gasteiger partial charge in [0.15, 0.2) is 0 Å². The van der Waals surface area contributed by atoms with E-state index in [9.17, 15) is 14.4 Å². The van der Waals surface area contributed by atoms with Crippen LogP contribution in [0.1, 0.15) is 34.6 Å². The van der Waals surface area contributed by atoms with Gasteiger partial charge in [0.05, 0.1) is 0 Å². The van der Waals surface area contributed by atoms with E-state index in [1.165, 1.54) is 0 Å². The van der Waals surface area contributed by atoms with E-state index < -0.39 is 12.1 Å². The average molecular weight is 269 g/mol. The summed E-state index contributed by atoms with van der Waals surface area (Å²) in [6, 6.07) is -1.01. The second-order valence-electron chi connectivity index (χ2n) is 5.70. The Hall–Kier alpha value is -1.59. The molecule has 108 valence electrons. The van der Waals surface area contributed by atoms with E-state index in [1.807, 2.05) is 34.6 Å². The van der Waals surface area contributed by atoms with Gasteiger partial charge in [0.1, 0.15) is 12.6 Å². The van der Waals surface area contributed by atoms with Crippen molar-refractivity contribution in [1.82, 2.24) is 15.5 Å². The summed E-state index contributed by atoms with van der Waals surface area (Å²) in [4.78, 5) is 36.4. The van der Waals surface area contributed by atoms with E-state index >= 15 is 0 Å². The lowest BCUT2D eigenvalue weighted by atomic mass is 10.1. The zero-order chi connectivity index (χ0) is 14.7. The molecule has 0 aromatic rings. The van der Waals surface area contributed by atoms with Crippen LogP contribution in [-0.4, -0.2) is 41.4 Å². The van der Waals surface area contributed by atoms with Gasteiger partial charge < -0.3 is 10.6 Å². The van der Waals surface area contributed by atoms with Gasteiger partial charge in [-0.15, -0.1) is 0 Å². The topological polar surface area (TPSA) is 78.5 Å². The smallest absolute Gasteiger partial charge is 0.325 e. The lowest BCUT2D eigenvalue weighted by molar-refractivity contribution is -0.133. The van der Waals surface area contributed by atoms with Crippen molar-refractivity contribution in [3.63, 3.8) is 0 Å². The molecule has 0 radical (unpaired) electrons. The molecule has 0 aromatic heterocycles. The van der Waals surface area contributed by atoms with E-state index in [4.69, 9.17) is 0 Å². The van der Waals surface area contributed by atoms with Crippen LogP contribution in [0.4, 0.5) is 4.79 Å². The summed E-state index contributed by atoms with van der Waals surface area (Å²) in [5.74, 6) is -0.323. The second kappa shape index (κ2) is 6.04. The number of carbonyl (C=O) groups excluding carboxylic acids is 3. The van der Waals surface area contributed by atoms with E-state index in [-0.39, 0.29) is 30.3 Å². The highest BCUT2D eigenvalue weighted by molar-refractivity contribution is 6.06. The Kier molecular flexibility index (Phi) is 4.91. The van der Waals surface area contributed by atoms with Crippen molar-refractivity contribution in [2.75, 3.05) is 6.54 Å². The lowest BCUT2D eigenvalue weighted by Crippen LogP contribution is -2.45. The highest BCUT2D eigenvalue weighted by Gasteiger charge is 2.40. The molecule has 2 unspecified atom stereocenters. The largest absolute Gasteiger partial charge is 0.352 e. The summed E-state index contributed by atoms with van der Waals surface area (Å²) in [6.07, 6.45) is 0. The van der Waals surface area contributed by atoms with Crippen molar-refractivity contribution in [2.45, 2.75) is 46.7 Å². The van der Waals surface area contributed by atoms with E-state index in [0.29, 0.717) is 5.92 Å². The SMILES string of the molecule is CC(C)C(C)NC(=O)CN1C(=O)NC(C(C)C)C1=O. The van der Waals surface area contributed by atoms with E-state index in [2.05, 4.69) is 10.6 Å². The summed E-state index contributed by atoms with van der Waals surface area (Å²) in [7, 11) is 0. The van der Waals surface area contributed by atoms with Crippen molar-refractivity contribution >= 4 is 17.8 Å². The summed E-state index contributed by atoms with van der Waals surface area (Å²) in [6.45, 7) is 9.37. The molecule has 1 fully saturated rings. The van der Waals surface area contributed by atoms with Crippen LogP contribution >= 0.6 is 0 Å². The summed E-state index contributed by atoms with van der Waals surface area (Å²) >= 11 is 0. The molecule has 6 nitrogen and oxygen atoms in total. The maximum atomic E-state index is 12.0. The van der Waals surface area contributed by atoms with Gasteiger partial charge in [-0.05, 0) is 18.8 Å². The monoisotopic (exact) mass is 269 g/mol. The number of hydrogen-bond acceptors (Lipinski definition) is 3. The van der Waals surface area contributed by atoms with Crippen molar-refractivity contribution < 1.29 is 14.4 Å². The molecule has 0 bridgehead atoms. The number of rotatable bonds is 5. The molecule has 0 aliphatic carbocycles. The molecule has 0 spiro atoms. The van der Waals surface area contributed by atoms with Gasteiger partial charge in [-0.25, -0.2) is 4.79 Å². The van der Waals surface area contributed by atoms with Crippen LogP contribution in [0.5, 0.6) is 0 Å². The van der Waals surface area contributed by atoms with Crippen molar-refractivity contribution in [3.8, 4) is 0 Å². The van der Waals surface area contributed by atoms with Crippen LogP contribution in [0.2, 0.25) is 0 Å². The van der Waals surface area contributed by atoms with Crippen LogP contribution in [0, 0.1) is 11.8 Å². The van der Waals surface area contributed by atoms with Crippen molar-refractivity contribution in [2.24, 2.45) is 11.8 Å². The number of nitrogens with one attached hydrogen (secondary N) is 2. The first kappa shape index (κ1) is 15.5. The fourth-order valence-corrected chi connectivity index (χ4v) is 1.75. The normalized spacial score (nSPS) is 21.0. The highest BCUT2D eigenvalue weighted by atomic mass is 16.2. The predicted octanol–water partition coefficient (Wildman–Crippen LogP) is 0.723. The fourth-order valence-electron chi connectivity index (χ4n) is 1.75. The minimum atomic E-state index is -0.525. The van der Waals surface area contributed by atoms with Crippen molar-refractivity contribution in [1.29, 1.82) is 0 Å². The Balaban J connectivity index is 2.60. The molecule has 0 aromatic carbocycles. The quantitative estimate of drug-likeness (QED) is 0.722. The maximum absolute atomic E-state index is 12.0. The zero-order valence-electron chi connectivity index (χ0n) is 12.2. The number of imide groups is 1. The van der Waals surface area contributed by atoms with Crippen LogP contribution in [0.25, 0.3) is 0 Å². The molecule has 19 heavy (non-hydrogen) atoms. The second-order valence-corrected chi connectivity index (χ2v) is 5.70. The number of amides is 4. The van der Waals surface area contributed by atoms with Crippen LogP contribution in [-0.2, 0) is 9.59 Å². The molecule has 1 heterocycles. The van der Waals surface area contributed by atoms with Crippen LogP contribution in [0.3, 0.4) is 0 Å². The first-order chi connectivity index (χ1) is 8.73. The molecule has 2 N–H and O–H groups in total. The van der Waals surface area contributed by atoms with E-state index in [1.54, 1.807) is 0 Å². The van der Waals surface area contributed by atoms with Gasteiger partial charge in [-0.3, -0.25) is 14.5 Å². The third-order valence-electron chi connectivity index (χ3n) is 3.41. The maximum Gasteiger partial charge on any atom is 0.325 e. The Labute approximate surface area is 113 Å². The minimum Gasteiger partial charge on any atom is -0.352 e. The summed E-state index contributed by atoms with van der Waals surface area (Å²) < 4.78 is 0. The molecule has 1 aliphatic rings. The molecular formula is C13H23N3O3. The molecular weight excluding hydrogens is 246 g/mol. The van der Waals surface area contributed by atoms with Crippen molar-refractivity contribution in [3.05, 3.63) is 0 Å². The third-order valence-corrected chi connectivity index (χ3v) is 3.41. The standard InChI is InChI=1S/C13H23N3O3/c1-7(2)9(5)14-10(17)6-16-12(18)11(8(3)4)15-13(16)19/h7-9,11H,6H2,1-5H3,(H,14,17)(H,15,19). The Bertz CT molecular complexity index is 379. The first-order valence-electron chi connectivity index (χ1n) is 6.65. The Morgan fingerprint density at radius 2 is 1.84 bits per heavy atom. The minimum absolute atomic E-state index is 0.00848. The molecule has 4 amide bonds. The van der Waals surface area contributed by atoms with Gasteiger partial charge >= 0.3 is 6.03 Å². The number of hydrogen-bond donors (Lipinski definition) is 2. The Morgan fingerprint density at radius 1 is 1.26 bits per heavy atom. The highest BCUT2D eigenvalue weighted by Crippen LogP contribution is 2.13. The van der Waals surface area contributed by atoms with Gasteiger partial charge in [-0.2, -0.15) is 0 Å². The lowest BCUT2D eigenvalue weighted by Gasteiger charge is -2.19. The van der Waals surface area contributed by atoms with Gasteiger partial charge in [0.2, 0.25) is 5.91 Å². The molecule has 0 saturated carbocycles. The van der Waals surface area contributed by atoms with Gasteiger partial charge in [0.25, 0.3) is 5.91 Å². The molecule has 1 saturated heterocycles. The molecule has 6 heteroatoms. The molecule has 1 aliphatic heterocycles. The Morgan fingerprint density at radius 3 is 2.26 bits per heavy atom. The zero-order valence-corrected chi connectivity index (χ0v) is 12.2. The predicted molar refractivity (Wildman–Crippen MR) is 71.3 cm³/mol. The van der Waals surface area contributed by atoms with Gasteiger partial charge in [-0.1, -0.05) is 27.7 Å². The first-order valence-corrected chi connectivity index (χ1v) is 6.65. The van der Waals surface area contributed by atoms with E-state index in [0.717, 1.165) is 4.90 Å². The fraction of sp³-hybridized carbons (Fsp3) is 0.769. The van der Waals surface area contributed by atoms with Crippen LogP contribution < -0.4 is 10.6 Å². The molecule has 2 atom stereocenters. The third kappa shape index (κ3) is 3.68. The average Bonchev–Trinajstić information content (AvgIpc) is 2.56. The number of nitrogens with zero attached hydrogens (tertiary/aromatic N) is 1. The number of urea groups is 1. The van der Waals surface area contributed by atoms with Crippen LogP contribution in [0.15, 0.2) is 0 Å². The summed E-state index contributed by atoms with van der Waals surface area (Å²) in [5, 5.41) is 5.37. The number of carbonyl (C=O) groups is 3. The summed E-state index contributed by atoms with van der Waals surface area (Å²) in [5.41, 5.74) is 0. The van der Waals surface area contributed by atoms with Gasteiger partial charge in [0, 0.05) is 6.04 Å². The molecule has 1 rings (SSSR count).